The zero-order valence-electron chi connectivity index (χ0n) is 13.2. The molecule has 23 heavy (non-hydrogen) atoms. The topological polar surface area (TPSA) is 72.5 Å². The van der Waals surface area contributed by atoms with E-state index in [1.54, 1.807) is 12.1 Å². The third-order valence-electron chi connectivity index (χ3n) is 3.42. The standard InChI is InChI=1S/C17H19NO4S/c1-12(2)13-4-8-15(9-5-13)18-23(20,21)16-10-6-14(7-11-16)17(19)22-3/h4-12,18H,1-3H3. The molecule has 0 fully saturated rings. The molecule has 0 radical (unpaired) electrons. The van der Waals surface area contributed by atoms with E-state index in [-0.39, 0.29) is 4.90 Å². The summed E-state index contributed by atoms with van der Waals surface area (Å²) in [6, 6.07) is 12.8. The lowest BCUT2D eigenvalue weighted by atomic mass is 10.0. The first-order chi connectivity index (χ1) is 10.8. The molecule has 0 saturated heterocycles. The fraction of sp³-hybridized carbons (Fsp3) is 0.235. The Hall–Kier alpha value is -2.34. The highest BCUT2D eigenvalue weighted by Gasteiger charge is 2.15. The van der Waals surface area contributed by atoms with Crippen LogP contribution in [0.15, 0.2) is 53.4 Å². The molecule has 2 rings (SSSR count). The summed E-state index contributed by atoms with van der Waals surface area (Å²) in [7, 11) is -2.42. The van der Waals surface area contributed by atoms with Crippen molar-refractivity contribution in [2.45, 2.75) is 24.7 Å². The Labute approximate surface area is 136 Å². The highest BCUT2D eigenvalue weighted by Crippen LogP contribution is 2.20. The largest absolute Gasteiger partial charge is 0.465 e. The highest BCUT2D eigenvalue weighted by molar-refractivity contribution is 7.92. The number of ether oxygens (including phenoxy) is 1. The first kappa shape index (κ1) is 17.0. The van der Waals surface area contributed by atoms with E-state index < -0.39 is 16.0 Å². The molecule has 0 saturated carbocycles. The van der Waals surface area contributed by atoms with Gasteiger partial charge >= 0.3 is 5.97 Å². The number of hydrogen-bond acceptors (Lipinski definition) is 4. The van der Waals surface area contributed by atoms with Gasteiger partial charge in [-0.2, -0.15) is 0 Å². The number of methoxy groups -OCH3 is 1. The number of esters is 1. The maximum Gasteiger partial charge on any atom is 0.337 e. The van der Waals surface area contributed by atoms with Crippen molar-refractivity contribution in [2.75, 3.05) is 11.8 Å². The summed E-state index contributed by atoms with van der Waals surface area (Å²) in [6.07, 6.45) is 0. The van der Waals surface area contributed by atoms with Crippen LogP contribution in [0.5, 0.6) is 0 Å². The van der Waals surface area contributed by atoms with Gasteiger partial charge in [-0.05, 0) is 47.9 Å². The minimum absolute atomic E-state index is 0.0816. The van der Waals surface area contributed by atoms with Crippen molar-refractivity contribution in [3.63, 3.8) is 0 Å². The Bertz CT molecular complexity index is 778. The Morgan fingerprint density at radius 2 is 1.57 bits per heavy atom. The van der Waals surface area contributed by atoms with Crippen LogP contribution in [0.4, 0.5) is 5.69 Å². The van der Waals surface area contributed by atoms with Crippen LogP contribution in [0.2, 0.25) is 0 Å². The molecule has 0 bridgehead atoms. The maximum absolute atomic E-state index is 12.3. The average molecular weight is 333 g/mol. The van der Waals surface area contributed by atoms with Gasteiger partial charge in [0.05, 0.1) is 17.6 Å². The van der Waals surface area contributed by atoms with Crippen molar-refractivity contribution in [3.8, 4) is 0 Å². The van der Waals surface area contributed by atoms with Crippen LogP contribution in [-0.4, -0.2) is 21.5 Å². The molecular weight excluding hydrogens is 314 g/mol. The number of hydrogen-bond donors (Lipinski definition) is 1. The smallest absolute Gasteiger partial charge is 0.337 e. The van der Waals surface area contributed by atoms with Gasteiger partial charge in [0.2, 0.25) is 0 Å². The molecule has 2 aromatic carbocycles. The summed E-state index contributed by atoms with van der Waals surface area (Å²) >= 11 is 0. The second kappa shape index (κ2) is 6.83. The molecular formula is C17H19NO4S. The van der Waals surface area contributed by atoms with Crippen LogP contribution >= 0.6 is 0 Å². The van der Waals surface area contributed by atoms with Crippen molar-refractivity contribution in [1.29, 1.82) is 0 Å². The molecule has 1 N–H and O–H groups in total. The predicted octanol–water partition coefficient (Wildman–Crippen LogP) is 3.40. The van der Waals surface area contributed by atoms with Crippen molar-refractivity contribution in [1.82, 2.24) is 0 Å². The normalized spacial score (nSPS) is 11.3. The molecule has 2 aromatic rings. The number of anilines is 1. The molecule has 0 aliphatic carbocycles. The lowest BCUT2D eigenvalue weighted by Crippen LogP contribution is -2.13. The molecule has 6 heteroatoms. The van der Waals surface area contributed by atoms with Crippen molar-refractivity contribution in [2.24, 2.45) is 0 Å². The lowest BCUT2D eigenvalue weighted by molar-refractivity contribution is 0.0600. The van der Waals surface area contributed by atoms with E-state index in [4.69, 9.17) is 0 Å². The van der Waals surface area contributed by atoms with Crippen molar-refractivity contribution >= 4 is 21.7 Å². The summed E-state index contributed by atoms with van der Waals surface area (Å²) in [6.45, 7) is 4.14. The molecule has 0 amide bonds. The summed E-state index contributed by atoms with van der Waals surface area (Å²) in [5.74, 6) is -0.127. The van der Waals surface area contributed by atoms with Crippen LogP contribution in [0.25, 0.3) is 0 Å². The molecule has 0 aromatic heterocycles. The quantitative estimate of drug-likeness (QED) is 0.851. The molecule has 0 spiro atoms. The second-order valence-corrected chi connectivity index (χ2v) is 7.08. The first-order valence-electron chi connectivity index (χ1n) is 7.14. The molecule has 0 atom stereocenters. The van der Waals surface area contributed by atoms with Gasteiger partial charge in [0.25, 0.3) is 10.0 Å². The average Bonchev–Trinajstić information content (AvgIpc) is 2.54. The van der Waals surface area contributed by atoms with Gasteiger partial charge in [0.15, 0.2) is 0 Å². The molecule has 0 aliphatic heterocycles. The zero-order chi connectivity index (χ0) is 17.0. The molecule has 122 valence electrons. The van der Waals surface area contributed by atoms with Crippen LogP contribution in [0, 0.1) is 0 Å². The number of benzene rings is 2. The fourth-order valence-corrected chi connectivity index (χ4v) is 3.10. The fourth-order valence-electron chi connectivity index (χ4n) is 2.04. The van der Waals surface area contributed by atoms with Gasteiger partial charge in [-0.15, -0.1) is 0 Å². The monoisotopic (exact) mass is 333 g/mol. The van der Waals surface area contributed by atoms with E-state index in [0.717, 1.165) is 5.56 Å². The van der Waals surface area contributed by atoms with Gasteiger partial charge < -0.3 is 4.74 Å². The van der Waals surface area contributed by atoms with E-state index in [9.17, 15) is 13.2 Å². The van der Waals surface area contributed by atoms with E-state index in [1.165, 1.54) is 31.4 Å². The van der Waals surface area contributed by atoms with Gasteiger partial charge in [0.1, 0.15) is 0 Å². The van der Waals surface area contributed by atoms with Crippen LogP contribution in [-0.2, 0) is 14.8 Å². The summed E-state index contributed by atoms with van der Waals surface area (Å²) in [5.41, 5.74) is 1.93. The third-order valence-corrected chi connectivity index (χ3v) is 4.81. The minimum Gasteiger partial charge on any atom is -0.465 e. The number of nitrogens with one attached hydrogen (secondary N) is 1. The van der Waals surface area contributed by atoms with Crippen LogP contribution < -0.4 is 4.72 Å². The molecule has 0 heterocycles. The van der Waals surface area contributed by atoms with Crippen LogP contribution in [0.1, 0.15) is 35.7 Å². The maximum atomic E-state index is 12.3. The summed E-state index contributed by atoms with van der Waals surface area (Å²) in [4.78, 5) is 11.4. The second-order valence-electron chi connectivity index (χ2n) is 5.40. The van der Waals surface area contributed by atoms with E-state index in [0.29, 0.717) is 17.2 Å². The zero-order valence-corrected chi connectivity index (χ0v) is 14.1. The van der Waals surface area contributed by atoms with Gasteiger partial charge in [-0.25, -0.2) is 13.2 Å². The van der Waals surface area contributed by atoms with E-state index in [1.807, 2.05) is 12.1 Å². The highest BCUT2D eigenvalue weighted by atomic mass is 32.2. The Morgan fingerprint density at radius 1 is 1.00 bits per heavy atom. The molecule has 0 unspecified atom stereocenters. The van der Waals surface area contributed by atoms with Gasteiger partial charge in [-0.1, -0.05) is 26.0 Å². The Morgan fingerprint density at radius 3 is 2.04 bits per heavy atom. The lowest BCUT2D eigenvalue weighted by Gasteiger charge is -2.10. The molecule has 5 nitrogen and oxygen atoms in total. The van der Waals surface area contributed by atoms with Gasteiger partial charge in [0, 0.05) is 5.69 Å². The van der Waals surface area contributed by atoms with Crippen LogP contribution in [0.3, 0.4) is 0 Å². The summed E-state index contributed by atoms with van der Waals surface area (Å²) < 4.78 is 31.8. The number of sulfonamides is 1. The number of carbonyl (C=O) groups excluding carboxylic acids is 1. The SMILES string of the molecule is COC(=O)c1ccc(S(=O)(=O)Nc2ccc(C(C)C)cc2)cc1. The number of rotatable bonds is 5. The summed E-state index contributed by atoms with van der Waals surface area (Å²) in [5, 5.41) is 0. The number of carbonyl (C=O) groups is 1. The Balaban J connectivity index is 2.19. The minimum atomic E-state index is -3.70. The Kier molecular flexibility index (Phi) is 5.05. The van der Waals surface area contributed by atoms with E-state index in [2.05, 4.69) is 23.3 Å². The van der Waals surface area contributed by atoms with E-state index >= 15 is 0 Å². The van der Waals surface area contributed by atoms with Crippen molar-refractivity contribution in [3.05, 3.63) is 59.7 Å². The van der Waals surface area contributed by atoms with Crippen molar-refractivity contribution < 1.29 is 17.9 Å². The first-order valence-corrected chi connectivity index (χ1v) is 8.63. The van der Waals surface area contributed by atoms with Gasteiger partial charge in [-0.3, -0.25) is 4.72 Å². The molecule has 0 aliphatic rings. The third kappa shape index (κ3) is 4.10. The predicted molar refractivity (Wildman–Crippen MR) is 89.1 cm³/mol.